The van der Waals surface area contributed by atoms with Crippen LogP contribution in [0.2, 0.25) is 5.15 Å². The van der Waals surface area contributed by atoms with E-state index in [0.717, 1.165) is 36.0 Å². The normalized spacial score (nSPS) is 23.6. The second-order valence-corrected chi connectivity index (χ2v) is 5.98. The first-order chi connectivity index (χ1) is 9.01. The SMILES string of the molecule is CC(C)n1nc(C2(C)CCCO2)c2cnc(Cl)cc21. The molecule has 1 fully saturated rings. The third-order valence-corrected chi connectivity index (χ3v) is 3.97. The summed E-state index contributed by atoms with van der Waals surface area (Å²) in [5.74, 6) is 0. The van der Waals surface area contributed by atoms with Crippen molar-refractivity contribution in [1.29, 1.82) is 0 Å². The smallest absolute Gasteiger partial charge is 0.131 e. The quantitative estimate of drug-likeness (QED) is 0.787. The van der Waals surface area contributed by atoms with Crippen molar-refractivity contribution in [2.24, 2.45) is 0 Å². The van der Waals surface area contributed by atoms with Crippen molar-refractivity contribution in [1.82, 2.24) is 14.8 Å². The van der Waals surface area contributed by atoms with Crippen LogP contribution < -0.4 is 0 Å². The van der Waals surface area contributed by atoms with Gasteiger partial charge in [0.2, 0.25) is 0 Å². The molecule has 0 aliphatic carbocycles. The number of hydrogen-bond acceptors (Lipinski definition) is 3. The molecule has 0 saturated carbocycles. The summed E-state index contributed by atoms with van der Waals surface area (Å²) in [6, 6.07) is 2.16. The van der Waals surface area contributed by atoms with Crippen molar-refractivity contribution in [3.05, 3.63) is 23.1 Å². The summed E-state index contributed by atoms with van der Waals surface area (Å²) in [7, 11) is 0. The maximum Gasteiger partial charge on any atom is 0.131 e. The summed E-state index contributed by atoms with van der Waals surface area (Å²) in [6.45, 7) is 7.14. The van der Waals surface area contributed by atoms with E-state index in [-0.39, 0.29) is 11.6 Å². The van der Waals surface area contributed by atoms with E-state index in [1.54, 1.807) is 0 Å². The third kappa shape index (κ3) is 2.03. The molecule has 1 saturated heterocycles. The number of fused-ring (bicyclic) bond motifs is 1. The van der Waals surface area contributed by atoms with Crippen LogP contribution in [-0.2, 0) is 10.3 Å². The van der Waals surface area contributed by atoms with Crippen LogP contribution >= 0.6 is 11.6 Å². The van der Waals surface area contributed by atoms with Gasteiger partial charge in [-0.05, 0) is 33.6 Å². The van der Waals surface area contributed by atoms with Crippen LogP contribution in [0.4, 0.5) is 0 Å². The van der Waals surface area contributed by atoms with E-state index in [0.29, 0.717) is 5.15 Å². The zero-order valence-corrected chi connectivity index (χ0v) is 12.2. The Balaban J connectivity index is 2.25. The van der Waals surface area contributed by atoms with E-state index in [9.17, 15) is 0 Å². The topological polar surface area (TPSA) is 39.9 Å². The van der Waals surface area contributed by atoms with Gasteiger partial charge in [-0.25, -0.2) is 4.98 Å². The van der Waals surface area contributed by atoms with E-state index in [1.165, 1.54) is 0 Å². The molecule has 0 aromatic carbocycles. The summed E-state index contributed by atoms with van der Waals surface area (Å²) in [5.41, 5.74) is 1.72. The number of aromatic nitrogens is 3. The molecular weight excluding hydrogens is 262 g/mol. The van der Waals surface area contributed by atoms with Crippen LogP contribution in [-0.4, -0.2) is 21.4 Å². The van der Waals surface area contributed by atoms with Gasteiger partial charge in [-0.15, -0.1) is 0 Å². The first-order valence-corrected chi connectivity index (χ1v) is 7.07. The second-order valence-electron chi connectivity index (χ2n) is 5.59. The first kappa shape index (κ1) is 12.9. The van der Waals surface area contributed by atoms with Crippen molar-refractivity contribution < 1.29 is 4.74 Å². The van der Waals surface area contributed by atoms with E-state index in [1.807, 2.05) is 16.9 Å². The van der Waals surface area contributed by atoms with E-state index in [4.69, 9.17) is 21.4 Å². The highest BCUT2D eigenvalue weighted by Gasteiger charge is 2.36. The molecule has 0 N–H and O–H groups in total. The molecule has 1 atom stereocenters. The minimum absolute atomic E-state index is 0.278. The van der Waals surface area contributed by atoms with Crippen LogP contribution in [0, 0.1) is 0 Å². The number of rotatable bonds is 2. The van der Waals surface area contributed by atoms with Crippen molar-refractivity contribution in [2.75, 3.05) is 6.61 Å². The maximum absolute atomic E-state index is 6.02. The number of nitrogens with zero attached hydrogens (tertiary/aromatic N) is 3. The molecule has 3 rings (SSSR count). The largest absolute Gasteiger partial charge is 0.369 e. The molecular formula is C14H18ClN3O. The zero-order valence-electron chi connectivity index (χ0n) is 11.5. The summed E-state index contributed by atoms with van der Waals surface area (Å²) in [5, 5.41) is 6.32. The minimum Gasteiger partial charge on any atom is -0.369 e. The molecule has 3 heterocycles. The lowest BCUT2D eigenvalue weighted by atomic mass is 9.96. The van der Waals surface area contributed by atoms with Gasteiger partial charge in [0.1, 0.15) is 16.4 Å². The Kier molecular flexibility index (Phi) is 3.02. The first-order valence-electron chi connectivity index (χ1n) is 6.69. The molecule has 5 heteroatoms. The van der Waals surface area contributed by atoms with Crippen LogP contribution in [0.25, 0.3) is 10.9 Å². The average Bonchev–Trinajstić information content (AvgIpc) is 2.93. The van der Waals surface area contributed by atoms with E-state index < -0.39 is 0 Å². The molecule has 2 aromatic heterocycles. The molecule has 1 aliphatic heterocycles. The molecule has 2 aromatic rings. The zero-order chi connectivity index (χ0) is 13.6. The molecule has 0 bridgehead atoms. The Morgan fingerprint density at radius 2 is 2.26 bits per heavy atom. The van der Waals surface area contributed by atoms with E-state index in [2.05, 4.69) is 25.8 Å². The lowest BCUT2D eigenvalue weighted by molar-refractivity contribution is 0.0137. The van der Waals surface area contributed by atoms with Gasteiger partial charge in [0.25, 0.3) is 0 Å². The Hall–Kier alpha value is -1.13. The summed E-state index contributed by atoms with van der Waals surface area (Å²) in [6.07, 6.45) is 3.89. The van der Waals surface area contributed by atoms with Crippen LogP contribution in [0.15, 0.2) is 12.3 Å². The van der Waals surface area contributed by atoms with Gasteiger partial charge in [-0.1, -0.05) is 11.6 Å². The van der Waals surface area contributed by atoms with Gasteiger partial charge >= 0.3 is 0 Å². The van der Waals surface area contributed by atoms with Gasteiger partial charge in [-0.2, -0.15) is 5.10 Å². The van der Waals surface area contributed by atoms with Crippen molar-refractivity contribution in [3.63, 3.8) is 0 Å². The van der Waals surface area contributed by atoms with Crippen LogP contribution in [0.1, 0.15) is 45.3 Å². The third-order valence-electron chi connectivity index (χ3n) is 3.77. The lowest BCUT2D eigenvalue weighted by Gasteiger charge is -2.21. The molecule has 19 heavy (non-hydrogen) atoms. The highest BCUT2D eigenvalue weighted by atomic mass is 35.5. The number of ether oxygens (including phenoxy) is 1. The molecule has 1 aliphatic rings. The molecule has 102 valence electrons. The standard InChI is InChI=1S/C14H18ClN3O/c1-9(2)18-11-7-12(15)16-8-10(11)13(17-18)14(3)5-4-6-19-14/h7-9H,4-6H2,1-3H3. The fraction of sp³-hybridized carbons (Fsp3) is 0.571. The summed E-state index contributed by atoms with van der Waals surface area (Å²) >= 11 is 6.02. The van der Waals surface area contributed by atoms with Crippen LogP contribution in [0.5, 0.6) is 0 Å². The molecule has 0 radical (unpaired) electrons. The highest BCUT2D eigenvalue weighted by molar-refractivity contribution is 6.30. The summed E-state index contributed by atoms with van der Waals surface area (Å²) < 4.78 is 7.93. The molecule has 0 amide bonds. The highest BCUT2D eigenvalue weighted by Crippen LogP contribution is 2.39. The summed E-state index contributed by atoms with van der Waals surface area (Å²) in [4.78, 5) is 4.20. The molecule has 1 unspecified atom stereocenters. The number of pyridine rings is 1. The minimum atomic E-state index is -0.298. The molecule has 4 nitrogen and oxygen atoms in total. The predicted octanol–water partition coefficient (Wildman–Crippen LogP) is 3.69. The van der Waals surface area contributed by atoms with Gasteiger partial charge in [0, 0.05) is 30.3 Å². The Labute approximate surface area is 117 Å². The van der Waals surface area contributed by atoms with Gasteiger partial charge < -0.3 is 4.74 Å². The lowest BCUT2D eigenvalue weighted by Crippen LogP contribution is -2.21. The van der Waals surface area contributed by atoms with Crippen molar-refractivity contribution >= 4 is 22.5 Å². The monoisotopic (exact) mass is 279 g/mol. The van der Waals surface area contributed by atoms with Gasteiger partial charge in [-0.3, -0.25) is 4.68 Å². The Morgan fingerprint density at radius 1 is 1.47 bits per heavy atom. The predicted molar refractivity (Wildman–Crippen MR) is 75.5 cm³/mol. The fourth-order valence-electron chi connectivity index (χ4n) is 2.76. The Bertz CT molecular complexity index is 614. The average molecular weight is 280 g/mol. The number of halogens is 1. The number of hydrogen-bond donors (Lipinski definition) is 0. The fourth-order valence-corrected chi connectivity index (χ4v) is 2.91. The van der Waals surface area contributed by atoms with E-state index >= 15 is 0 Å². The van der Waals surface area contributed by atoms with Crippen molar-refractivity contribution in [3.8, 4) is 0 Å². The molecule has 0 spiro atoms. The maximum atomic E-state index is 6.02. The van der Waals surface area contributed by atoms with Gasteiger partial charge in [0.15, 0.2) is 0 Å². The van der Waals surface area contributed by atoms with Crippen molar-refractivity contribution in [2.45, 2.75) is 45.3 Å². The van der Waals surface area contributed by atoms with Gasteiger partial charge in [0.05, 0.1) is 5.52 Å². The Morgan fingerprint density at radius 3 is 2.89 bits per heavy atom. The second kappa shape index (κ2) is 4.46. The van der Waals surface area contributed by atoms with Crippen LogP contribution in [0.3, 0.4) is 0 Å².